The maximum absolute atomic E-state index is 12.2. The Morgan fingerprint density at radius 2 is 1.92 bits per heavy atom. The van der Waals surface area contributed by atoms with Crippen LogP contribution < -0.4 is 0 Å². The van der Waals surface area contributed by atoms with Crippen LogP contribution in [0, 0.1) is 13.8 Å². The smallest absolute Gasteiger partial charge is 0.169 e. The van der Waals surface area contributed by atoms with Gasteiger partial charge in [0.2, 0.25) is 0 Å². The van der Waals surface area contributed by atoms with Gasteiger partial charge in [-0.1, -0.05) is 0 Å². The molecule has 1 heterocycles. The first-order valence-corrected chi connectivity index (χ1v) is 4.85. The standard InChI is InChI=1S/C8H8ClF3S/c1-4-3-5(2)13-6(4)7(9)8(10,11)12/h3,7H,1-2H3. The average Bonchev–Trinajstić information content (AvgIpc) is 2.26. The fourth-order valence-corrected chi connectivity index (χ4v) is 2.41. The van der Waals surface area contributed by atoms with E-state index in [4.69, 9.17) is 11.6 Å². The molecule has 0 aliphatic rings. The highest BCUT2D eigenvalue weighted by molar-refractivity contribution is 7.12. The second-order valence-electron chi connectivity index (χ2n) is 2.81. The molecule has 0 aliphatic heterocycles. The van der Waals surface area contributed by atoms with Gasteiger partial charge in [-0.25, -0.2) is 0 Å². The number of aryl methyl sites for hydroxylation is 2. The first kappa shape index (κ1) is 10.9. The van der Waals surface area contributed by atoms with E-state index in [0.717, 1.165) is 16.2 Å². The van der Waals surface area contributed by atoms with Crippen LogP contribution in [0.5, 0.6) is 0 Å². The van der Waals surface area contributed by atoms with Gasteiger partial charge in [0.15, 0.2) is 5.38 Å². The van der Waals surface area contributed by atoms with E-state index >= 15 is 0 Å². The highest BCUT2D eigenvalue weighted by atomic mass is 35.5. The summed E-state index contributed by atoms with van der Waals surface area (Å²) in [5, 5.41) is -1.87. The van der Waals surface area contributed by atoms with Gasteiger partial charge in [-0.05, 0) is 25.5 Å². The van der Waals surface area contributed by atoms with Gasteiger partial charge in [0, 0.05) is 9.75 Å². The van der Waals surface area contributed by atoms with Crippen molar-refractivity contribution in [2.24, 2.45) is 0 Å². The molecule has 1 rings (SSSR count). The minimum Gasteiger partial charge on any atom is -0.169 e. The van der Waals surface area contributed by atoms with Crippen molar-refractivity contribution >= 4 is 22.9 Å². The van der Waals surface area contributed by atoms with Crippen molar-refractivity contribution in [3.63, 3.8) is 0 Å². The highest BCUT2D eigenvalue weighted by Crippen LogP contribution is 2.42. The summed E-state index contributed by atoms with van der Waals surface area (Å²) in [4.78, 5) is 1.05. The van der Waals surface area contributed by atoms with Crippen molar-refractivity contribution in [3.8, 4) is 0 Å². The lowest BCUT2D eigenvalue weighted by molar-refractivity contribution is -0.131. The molecule has 1 aromatic heterocycles. The summed E-state index contributed by atoms with van der Waals surface area (Å²) < 4.78 is 36.6. The molecule has 1 aromatic rings. The number of halogens is 4. The SMILES string of the molecule is Cc1cc(C)c(C(Cl)C(F)(F)F)s1. The Morgan fingerprint density at radius 3 is 2.23 bits per heavy atom. The zero-order valence-electron chi connectivity index (χ0n) is 7.07. The van der Waals surface area contributed by atoms with E-state index in [1.54, 1.807) is 19.9 Å². The molecule has 0 N–H and O–H groups in total. The first-order valence-electron chi connectivity index (χ1n) is 3.60. The minimum atomic E-state index is -4.36. The Bertz CT molecular complexity index is 303. The molecule has 0 aliphatic carbocycles. The summed E-state index contributed by atoms with van der Waals surface area (Å²) in [7, 11) is 0. The van der Waals surface area contributed by atoms with Crippen LogP contribution in [0.4, 0.5) is 13.2 Å². The minimum absolute atomic E-state index is 0.201. The number of rotatable bonds is 1. The number of hydrogen-bond acceptors (Lipinski definition) is 1. The molecular formula is C8H8ClF3S. The Labute approximate surface area is 83.3 Å². The second-order valence-corrected chi connectivity index (χ2v) is 4.53. The van der Waals surface area contributed by atoms with Gasteiger partial charge in [0.25, 0.3) is 0 Å². The molecule has 0 bridgehead atoms. The lowest BCUT2D eigenvalue weighted by Crippen LogP contribution is -2.15. The van der Waals surface area contributed by atoms with Crippen LogP contribution in [0.2, 0.25) is 0 Å². The van der Waals surface area contributed by atoms with Gasteiger partial charge in [0.05, 0.1) is 0 Å². The van der Waals surface area contributed by atoms with Crippen molar-refractivity contribution in [3.05, 3.63) is 21.4 Å². The van der Waals surface area contributed by atoms with Crippen LogP contribution in [0.15, 0.2) is 6.07 Å². The lowest BCUT2D eigenvalue weighted by Gasteiger charge is -2.12. The predicted octanol–water partition coefficient (Wildman–Crippen LogP) is 4.21. The molecule has 0 spiro atoms. The summed E-state index contributed by atoms with van der Waals surface area (Å²) in [5.41, 5.74) is 0.611. The monoisotopic (exact) mass is 228 g/mol. The van der Waals surface area contributed by atoms with E-state index in [2.05, 4.69) is 0 Å². The summed E-state index contributed by atoms with van der Waals surface area (Å²) in [5.74, 6) is 0. The maximum atomic E-state index is 12.2. The van der Waals surface area contributed by atoms with Gasteiger partial charge < -0.3 is 0 Å². The van der Waals surface area contributed by atoms with Crippen molar-refractivity contribution in [2.45, 2.75) is 25.4 Å². The van der Waals surface area contributed by atoms with Crippen molar-refractivity contribution < 1.29 is 13.2 Å². The molecule has 0 radical (unpaired) electrons. The maximum Gasteiger partial charge on any atom is 0.409 e. The largest absolute Gasteiger partial charge is 0.409 e. The molecular weight excluding hydrogens is 221 g/mol. The van der Waals surface area contributed by atoms with Crippen molar-refractivity contribution in [1.29, 1.82) is 0 Å². The Kier molecular flexibility index (Phi) is 2.92. The van der Waals surface area contributed by atoms with E-state index in [-0.39, 0.29) is 4.88 Å². The van der Waals surface area contributed by atoms with Crippen LogP contribution in [0.1, 0.15) is 20.7 Å². The zero-order chi connectivity index (χ0) is 10.2. The van der Waals surface area contributed by atoms with Gasteiger partial charge in [-0.2, -0.15) is 13.2 Å². The fourth-order valence-electron chi connectivity index (χ4n) is 1.06. The molecule has 74 valence electrons. The highest BCUT2D eigenvalue weighted by Gasteiger charge is 2.40. The van der Waals surface area contributed by atoms with Crippen molar-refractivity contribution in [2.75, 3.05) is 0 Å². The Hall–Kier alpha value is -0.220. The van der Waals surface area contributed by atoms with Gasteiger partial charge in [0.1, 0.15) is 0 Å². The third-order valence-electron chi connectivity index (χ3n) is 1.60. The van der Waals surface area contributed by atoms with E-state index in [0.29, 0.717) is 5.56 Å². The molecule has 0 saturated carbocycles. The predicted molar refractivity (Wildman–Crippen MR) is 48.4 cm³/mol. The summed E-state index contributed by atoms with van der Waals surface area (Å²) in [6.07, 6.45) is -4.36. The molecule has 0 fully saturated rings. The number of hydrogen-bond donors (Lipinski definition) is 0. The number of alkyl halides is 4. The van der Waals surface area contributed by atoms with Crippen LogP contribution in [-0.4, -0.2) is 6.18 Å². The fraction of sp³-hybridized carbons (Fsp3) is 0.500. The molecule has 5 heteroatoms. The van der Waals surface area contributed by atoms with Crippen LogP contribution >= 0.6 is 22.9 Å². The van der Waals surface area contributed by atoms with Gasteiger partial charge in [-0.3, -0.25) is 0 Å². The quantitative estimate of drug-likeness (QED) is 0.632. The van der Waals surface area contributed by atoms with E-state index in [9.17, 15) is 13.2 Å². The third-order valence-corrected chi connectivity index (χ3v) is 3.41. The Balaban J connectivity index is 3.01. The first-order chi connectivity index (χ1) is 5.82. The molecule has 1 unspecified atom stereocenters. The normalized spacial score (nSPS) is 14.6. The van der Waals surface area contributed by atoms with Crippen molar-refractivity contribution in [1.82, 2.24) is 0 Å². The van der Waals surface area contributed by atoms with Crippen LogP contribution in [-0.2, 0) is 0 Å². The Morgan fingerprint density at radius 1 is 1.38 bits per heavy atom. The molecule has 0 aromatic carbocycles. The van der Waals surface area contributed by atoms with E-state index in [1.807, 2.05) is 0 Å². The molecule has 0 amide bonds. The van der Waals surface area contributed by atoms with Crippen LogP contribution in [0.3, 0.4) is 0 Å². The van der Waals surface area contributed by atoms with Gasteiger partial charge >= 0.3 is 6.18 Å². The van der Waals surface area contributed by atoms with E-state index < -0.39 is 11.6 Å². The van der Waals surface area contributed by atoms with E-state index in [1.165, 1.54) is 0 Å². The molecule has 0 nitrogen and oxygen atoms in total. The van der Waals surface area contributed by atoms with Crippen LogP contribution in [0.25, 0.3) is 0 Å². The summed E-state index contributed by atoms with van der Waals surface area (Å²) >= 11 is 6.38. The third kappa shape index (κ3) is 2.38. The van der Waals surface area contributed by atoms with Gasteiger partial charge in [-0.15, -0.1) is 22.9 Å². The zero-order valence-corrected chi connectivity index (χ0v) is 8.65. The lowest BCUT2D eigenvalue weighted by atomic mass is 10.2. The summed E-state index contributed by atoms with van der Waals surface area (Å²) in [6.45, 7) is 3.40. The topological polar surface area (TPSA) is 0 Å². The average molecular weight is 229 g/mol. The second kappa shape index (κ2) is 3.50. The molecule has 0 saturated heterocycles. The number of thiophene rings is 1. The molecule has 13 heavy (non-hydrogen) atoms. The molecule has 1 atom stereocenters. The summed E-state index contributed by atoms with van der Waals surface area (Å²) in [6, 6.07) is 1.71.